The molecule has 5 nitrogen and oxygen atoms in total. The molecule has 100 valence electrons. The highest BCUT2D eigenvalue weighted by Crippen LogP contribution is 2.24. The van der Waals surface area contributed by atoms with Crippen molar-refractivity contribution in [2.75, 3.05) is 23.3 Å². The summed E-state index contributed by atoms with van der Waals surface area (Å²) >= 11 is 0. The van der Waals surface area contributed by atoms with Gasteiger partial charge in [0.25, 0.3) is 0 Å². The van der Waals surface area contributed by atoms with Gasteiger partial charge >= 0.3 is 6.01 Å². The van der Waals surface area contributed by atoms with Crippen LogP contribution in [0.2, 0.25) is 0 Å². The second kappa shape index (κ2) is 4.87. The summed E-state index contributed by atoms with van der Waals surface area (Å²) in [6.45, 7) is 3.28. The molecule has 3 rings (SSSR count). The van der Waals surface area contributed by atoms with E-state index in [-0.39, 0.29) is 11.9 Å². The molecule has 1 fully saturated rings. The third-order valence-electron chi connectivity index (χ3n) is 3.24. The molecule has 1 saturated heterocycles. The van der Waals surface area contributed by atoms with Crippen LogP contribution in [-0.4, -0.2) is 29.3 Å². The van der Waals surface area contributed by atoms with Crippen molar-refractivity contribution in [1.29, 1.82) is 0 Å². The number of aromatic nitrogens is 2. The third kappa shape index (κ3) is 2.52. The quantitative estimate of drug-likeness (QED) is 0.919. The molecule has 1 aliphatic heterocycles. The fraction of sp³-hybridized carbons (Fsp3) is 0.385. The number of hydrogen-bond acceptors (Lipinski definition) is 5. The van der Waals surface area contributed by atoms with Crippen LogP contribution in [0.3, 0.4) is 0 Å². The van der Waals surface area contributed by atoms with E-state index in [0.717, 1.165) is 19.5 Å². The normalized spacial score (nSPS) is 18.8. The lowest BCUT2D eigenvalue weighted by Crippen LogP contribution is -2.26. The molecule has 1 aromatic heterocycles. The van der Waals surface area contributed by atoms with Crippen LogP contribution in [-0.2, 0) is 0 Å². The van der Waals surface area contributed by atoms with Crippen molar-refractivity contribution in [2.45, 2.75) is 19.4 Å². The monoisotopic (exact) mass is 262 g/mol. The molecule has 6 heteroatoms. The number of halogens is 1. The molecule has 1 N–H and O–H groups in total. The molecule has 2 aromatic rings. The van der Waals surface area contributed by atoms with E-state index in [1.807, 2.05) is 11.0 Å². The highest BCUT2D eigenvalue weighted by molar-refractivity contribution is 5.49. The van der Waals surface area contributed by atoms with Gasteiger partial charge in [-0.2, -0.15) is 0 Å². The minimum absolute atomic E-state index is 0.184. The first kappa shape index (κ1) is 12.0. The second-order valence-corrected chi connectivity index (χ2v) is 4.65. The Hall–Kier alpha value is -2.11. The van der Waals surface area contributed by atoms with E-state index in [4.69, 9.17) is 4.42 Å². The molecule has 1 atom stereocenters. The molecular weight excluding hydrogens is 247 g/mol. The Morgan fingerprint density at radius 3 is 2.95 bits per heavy atom. The maximum Gasteiger partial charge on any atom is 0.315 e. The number of rotatable bonds is 3. The minimum Gasteiger partial charge on any atom is -0.408 e. The highest BCUT2D eigenvalue weighted by atomic mass is 19.1. The number of hydrogen-bond donors (Lipinski definition) is 1. The number of nitrogens with one attached hydrogen (secondary N) is 1. The fourth-order valence-electron chi connectivity index (χ4n) is 2.33. The van der Waals surface area contributed by atoms with Gasteiger partial charge in [0, 0.05) is 26.1 Å². The Morgan fingerprint density at radius 1 is 1.37 bits per heavy atom. The summed E-state index contributed by atoms with van der Waals surface area (Å²) < 4.78 is 19.0. The molecule has 1 aliphatic rings. The van der Waals surface area contributed by atoms with Gasteiger partial charge in [0.1, 0.15) is 5.82 Å². The summed E-state index contributed by atoms with van der Waals surface area (Å²) in [7, 11) is 0. The van der Waals surface area contributed by atoms with Crippen LogP contribution in [0.1, 0.15) is 12.3 Å². The molecule has 2 heterocycles. The molecule has 1 unspecified atom stereocenters. The van der Waals surface area contributed by atoms with E-state index in [0.29, 0.717) is 17.6 Å². The van der Waals surface area contributed by atoms with E-state index in [9.17, 15) is 4.39 Å². The average Bonchev–Trinajstić information content (AvgIpc) is 3.00. The number of benzene rings is 1. The van der Waals surface area contributed by atoms with Crippen molar-refractivity contribution in [3.8, 4) is 0 Å². The first-order chi connectivity index (χ1) is 9.22. The fourth-order valence-corrected chi connectivity index (χ4v) is 2.33. The number of aryl methyl sites for hydroxylation is 1. The SMILES string of the molecule is Cc1nnc(NC2CCN(c3ccccc3F)C2)o1. The Kier molecular flexibility index (Phi) is 3.06. The Labute approximate surface area is 110 Å². The van der Waals surface area contributed by atoms with Crippen LogP contribution in [0.4, 0.5) is 16.1 Å². The smallest absolute Gasteiger partial charge is 0.315 e. The highest BCUT2D eigenvalue weighted by Gasteiger charge is 2.25. The predicted octanol–water partition coefficient (Wildman–Crippen LogP) is 2.21. The Bertz CT molecular complexity index is 571. The molecule has 1 aromatic carbocycles. The molecule has 0 spiro atoms. The summed E-state index contributed by atoms with van der Waals surface area (Å²) in [5.74, 6) is 0.350. The van der Waals surface area contributed by atoms with Crippen molar-refractivity contribution < 1.29 is 8.81 Å². The lowest BCUT2D eigenvalue weighted by Gasteiger charge is -2.19. The van der Waals surface area contributed by atoms with Gasteiger partial charge in [-0.25, -0.2) is 4.39 Å². The molecule has 0 aliphatic carbocycles. The van der Waals surface area contributed by atoms with Crippen LogP contribution in [0.25, 0.3) is 0 Å². The van der Waals surface area contributed by atoms with Crippen LogP contribution >= 0.6 is 0 Å². The maximum atomic E-state index is 13.7. The first-order valence-corrected chi connectivity index (χ1v) is 6.28. The van der Waals surface area contributed by atoms with Crippen LogP contribution in [0.15, 0.2) is 28.7 Å². The van der Waals surface area contributed by atoms with Gasteiger partial charge in [-0.15, -0.1) is 5.10 Å². The van der Waals surface area contributed by atoms with Crippen molar-refractivity contribution in [3.63, 3.8) is 0 Å². The summed E-state index contributed by atoms with van der Waals surface area (Å²) in [6, 6.07) is 7.45. The van der Waals surface area contributed by atoms with E-state index in [2.05, 4.69) is 15.5 Å². The van der Waals surface area contributed by atoms with Crippen LogP contribution in [0, 0.1) is 12.7 Å². The van der Waals surface area contributed by atoms with Crippen molar-refractivity contribution in [2.24, 2.45) is 0 Å². The second-order valence-electron chi connectivity index (χ2n) is 4.65. The number of nitrogens with zero attached hydrogens (tertiary/aromatic N) is 3. The molecule has 0 bridgehead atoms. The van der Waals surface area contributed by atoms with E-state index >= 15 is 0 Å². The van der Waals surface area contributed by atoms with Gasteiger partial charge in [0.05, 0.1) is 5.69 Å². The van der Waals surface area contributed by atoms with Gasteiger partial charge in [0.15, 0.2) is 0 Å². The first-order valence-electron chi connectivity index (χ1n) is 6.28. The van der Waals surface area contributed by atoms with Crippen molar-refractivity contribution >= 4 is 11.7 Å². The zero-order chi connectivity index (χ0) is 13.2. The van der Waals surface area contributed by atoms with Gasteiger partial charge in [0.2, 0.25) is 5.89 Å². The van der Waals surface area contributed by atoms with Crippen LogP contribution < -0.4 is 10.2 Å². The van der Waals surface area contributed by atoms with E-state index in [1.165, 1.54) is 6.07 Å². The summed E-state index contributed by atoms with van der Waals surface area (Å²) in [4.78, 5) is 2.02. The lowest BCUT2D eigenvalue weighted by molar-refractivity contribution is 0.524. The van der Waals surface area contributed by atoms with Crippen molar-refractivity contribution in [3.05, 3.63) is 36.0 Å². The topological polar surface area (TPSA) is 54.2 Å². The van der Waals surface area contributed by atoms with Crippen LogP contribution in [0.5, 0.6) is 0 Å². The molecule has 0 saturated carbocycles. The lowest BCUT2D eigenvalue weighted by atomic mass is 10.2. The zero-order valence-electron chi connectivity index (χ0n) is 10.6. The molecule has 19 heavy (non-hydrogen) atoms. The van der Waals surface area contributed by atoms with E-state index < -0.39 is 0 Å². The molecule has 0 radical (unpaired) electrons. The number of para-hydroxylation sites is 1. The largest absolute Gasteiger partial charge is 0.408 e. The predicted molar refractivity (Wildman–Crippen MR) is 69.7 cm³/mol. The van der Waals surface area contributed by atoms with Gasteiger partial charge in [-0.05, 0) is 18.6 Å². The zero-order valence-corrected chi connectivity index (χ0v) is 10.6. The summed E-state index contributed by atoms with van der Waals surface area (Å²) in [5.41, 5.74) is 0.647. The van der Waals surface area contributed by atoms with Crippen molar-refractivity contribution in [1.82, 2.24) is 10.2 Å². The van der Waals surface area contributed by atoms with Gasteiger partial charge < -0.3 is 14.6 Å². The molecular formula is C13H15FN4O. The standard InChI is InChI=1S/C13H15FN4O/c1-9-16-17-13(19-9)15-10-6-7-18(8-10)12-5-3-2-4-11(12)14/h2-5,10H,6-8H2,1H3,(H,15,17). The van der Waals surface area contributed by atoms with E-state index in [1.54, 1.807) is 19.1 Å². The Morgan fingerprint density at radius 2 is 2.21 bits per heavy atom. The Balaban J connectivity index is 1.66. The minimum atomic E-state index is -0.184. The van der Waals surface area contributed by atoms with Gasteiger partial charge in [-0.1, -0.05) is 17.2 Å². The molecule has 0 amide bonds. The summed E-state index contributed by atoms with van der Waals surface area (Å²) in [6.07, 6.45) is 0.912. The number of anilines is 2. The van der Waals surface area contributed by atoms with Gasteiger partial charge in [-0.3, -0.25) is 0 Å². The third-order valence-corrected chi connectivity index (χ3v) is 3.24. The average molecular weight is 262 g/mol. The summed E-state index contributed by atoms with van der Waals surface area (Å²) in [5, 5.41) is 10.8. The maximum absolute atomic E-state index is 13.7.